The lowest BCUT2D eigenvalue weighted by Crippen LogP contribution is -1.99. The van der Waals surface area contributed by atoms with Gasteiger partial charge in [-0.2, -0.15) is 0 Å². The smallest absolute Gasteiger partial charge is 0.165 e. The van der Waals surface area contributed by atoms with Gasteiger partial charge in [-0.3, -0.25) is 0 Å². The Morgan fingerprint density at radius 1 is 1.35 bits per heavy atom. The quantitative estimate of drug-likeness (QED) is 0.651. The van der Waals surface area contributed by atoms with Crippen LogP contribution in [-0.2, 0) is 6.42 Å². The molecule has 0 bridgehead atoms. The highest BCUT2D eigenvalue weighted by atomic mass is 35.5. The van der Waals surface area contributed by atoms with Crippen LogP contribution in [-0.4, -0.2) is 12.5 Å². The summed E-state index contributed by atoms with van der Waals surface area (Å²) in [6, 6.07) is 5.13. The molecule has 0 radical (unpaired) electrons. The third kappa shape index (κ3) is 4.95. The van der Waals surface area contributed by atoms with E-state index in [9.17, 15) is 4.39 Å². The molecule has 0 aliphatic rings. The molecule has 0 fully saturated rings. The van der Waals surface area contributed by atoms with Crippen molar-refractivity contribution in [1.29, 1.82) is 0 Å². The standard InChI is InChI=1S/C14H20ClFO/c1-3-5-12(15)7-4-6-11-8-9-14(17-2)13(16)10-11/h8-10,12H,3-7H2,1-2H3. The molecule has 0 N–H and O–H groups in total. The molecule has 1 aromatic carbocycles. The number of benzene rings is 1. The Labute approximate surface area is 108 Å². The van der Waals surface area contributed by atoms with E-state index in [0.717, 1.165) is 37.7 Å². The monoisotopic (exact) mass is 258 g/mol. The summed E-state index contributed by atoms with van der Waals surface area (Å²) >= 11 is 6.13. The van der Waals surface area contributed by atoms with Crippen LogP contribution >= 0.6 is 11.6 Å². The number of hydrogen-bond acceptors (Lipinski definition) is 1. The van der Waals surface area contributed by atoms with Crippen LogP contribution in [0.4, 0.5) is 4.39 Å². The fourth-order valence-corrected chi connectivity index (χ4v) is 2.22. The van der Waals surface area contributed by atoms with Crippen molar-refractivity contribution in [2.45, 2.75) is 44.4 Å². The molecule has 0 saturated carbocycles. The summed E-state index contributed by atoms with van der Waals surface area (Å²) in [6.07, 6.45) is 5.03. The maximum atomic E-state index is 13.4. The molecule has 3 heteroatoms. The van der Waals surface area contributed by atoms with Crippen LogP contribution in [0.3, 0.4) is 0 Å². The average Bonchev–Trinajstić information content (AvgIpc) is 2.29. The molecule has 1 nitrogen and oxygen atoms in total. The highest BCUT2D eigenvalue weighted by molar-refractivity contribution is 6.20. The van der Waals surface area contributed by atoms with Gasteiger partial charge >= 0.3 is 0 Å². The zero-order valence-corrected chi connectivity index (χ0v) is 11.3. The zero-order chi connectivity index (χ0) is 12.7. The molecule has 0 heterocycles. The van der Waals surface area contributed by atoms with Crippen molar-refractivity contribution in [3.63, 3.8) is 0 Å². The summed E-state index contributed by atoms with van der Waals surface area (Å²) < 4.78 is 18.3. The van der Waals surface area contributed by atoms with Crippen molar-refractivity contribution in [2.24, 2.45) is 0 Å². The van der Waals surface area contributed by atoms with Gasteiger partial charge in [-0.15, -0.1) is 11.6 Å². The Bertz CT molecular complexity index is 341. The molecule has 1 unspecified atom stereocenters. The highest BCUT2D eigenvalue weighted by Gasteiger charge is 2.05. The van der Waals surface area contributed by atoms with Gasteiger partial charge in [-0.05, 0) is 43.4 Å². The van der Waals surface area contributed by atoms with Crippen LogP contribution in [0, 0.1) is 5.82 Å². The van der Waals surface area contributed by atoms with Crippen LogP contribution in [0.15, 0.2) is 18.2 Å². The fourth-order valence-electron chi connectivity index (χ4n) is 1.85. The first kappa shape index (κ1) is 14.3. The molecule has 1 rings (SSSR count). The van der Waals surface area contributed by atoms with Gasteiger partial charge in [-0.1, -0.05) is 19.4 Å². The van der Waals surface area contributed by atoms with Crippen molar-refractivity contribution >= 4 is 11.6 Å². The van der Waals surface area contributed by atoms with Crippen molar-refractivity contribution in [3.05, 3.63) is 29.6 Å². The first-order chi connectivity index (χ1) is 8.17. The summed E-state index contributed by atoms with van der Waals surface area (Å²) in [6.45, 7) is 2.13. The number of halogens is 2. The summed E-state index contributed by atoms with van der Waals surface area (Å²) in [5, 5.41) is 0.253. The van der Waals surface area contributed by atoms with E-state index in [4.69, 9.17) is 16.3 Å². The van der Waals surface area contributed by atoms with E-state index in [1.54, 1.807) is 12.1 Å². The van der Waals surface area contributed by atoms with Crippen LogP contribution in [0.5, 0.6) is 5.75 Å². The van der Waals surface area contributed by atoms with Crippen molar-refractivity contribution < 1.29 is 9.13 Å². The maximum Gasteiger partial charge on any atom is 0.165 e. The Kier molecular flexibility index (Phi) is 6.35. The van der Waals surface area contributed by atoms with Crippen molar-refractivity contribution in [2.75, 3.05) is 7.11 Å². The van der Waals surface area contributed by atoms with E-state index in [2.05, 4.69) is 6.92 Å². The van der Waals surface area contributed by atoms with Crippen LogP contribution < -0.4 is 4.74 Å². The molecule has 0 aromatic heterocycles. The van der Waals surface area contributed by atoms with E-state index in [-0.39, 0.29) is 11.2 Å². The molecule has 0 amide bonds. The number of rotatable bonds is 7. The second kappa shape index (κ2) is 7.54. The van der Waals surface area contributed by atoms with E-state index in [1.165, 1.54) is 7.11 Å². The lowest BCUT2D eigenvalue weighted by Gasteiger charge is -2.08. The number of ether oxygens (including phenoxy) is 1. The second-order valence-corrected chi connectivity index (χ2v) is 4.86. The molecular formula is C14H20ClFO. The normalized spacial score (nSPS) is 12.5. The first-order valence-corrected chi connectivity index (χ1v) is 6.57. The van der Waals surface area contributed by atoms with Gasteiger partial charge < -0.3 is 4.74 Å². The Morgan fingerprint density at radius 3 is 2.71 bits per heavy atom. The van der Waals surface area contributed by atoms with Crippen molar-refractivity contribution in [1.82, 2.24) is 0 Å². The largest absolute Gasteiger partial charge is 0.494 e. The maximum absolute atomic E-state index is 13.4. The molecule has 0 spiro atoms. The van der Waals surface area contributed by atoms with Crippen LogP contribution in [0.25, 0.3) is 0 Å². The number of alkyl halides is 1. The van der Waals surface area contributed by atoms with Gasteiger partial charge in [0.2, 0.25) is 0 Å². The molecule has 1 atom stereocenters. The van der Waals surface area contributed by atoms with Crippen LogP contribution in [0.1, 0.15) is 38.2 Å². The fraction of sp³-hybridized carbons (Fsp3) is 0.571. The Hall–Kier alpha value is -0.760. The minimum absolute atomic E-state index is 0.253. The topological polar surface area (TPSA) is 9.23 Å². The highest BCUT2D eigenvalue weighted by Crippen LogP contribution is 2.20. The summed E-state index contributed by atoms with van der Waals surface area (Å²) in [4.78, 5) is 0. The predicted octanol–water partition coefficient (Wildman–Crippen LogP) is 4.56. The van der Waals surface area contributed by atoms with E-state index < -0.39 is 0 Å². The van der Waals surface area contributed by atoms with Crippen LogP contribution in [0.2, 0.25) is 0 Å². The molecule has 1 aromatic rings. The molecule has 17 heavy (non-hydrogen) atoms. The zero-order valence-electron chi connectivity index (χ0n) is 10.5. The SMILES string of the molecule is CCCC(Cl)CCCc1ccc(OC)c(F)c1. The summed E-state index contributed by atoms with van der Waals surface area (Å²) in [5.41, 5.74) is 1.00. The lowest BCUT2D eigenvalue weighted by atomic mass is 10.0. The van der Waals surface area contributed by atoms with Crippen molar-refractivity contribution in [3.8, 4) is 5.75 Å². The van der Waals surface area contributed by atoms with E-state index >= 15 is 0 Å². The first-order valence-electron chi connectivity index (χ1n) is 6.13. The number of methoxy groups -OCH3 is 1. The predicted molar refractivity (Wildman–Crippen MR) is 70.4 cm³/mol. The Morgan fingerprint density at radius 2 is 2.12 bits per heavy atom. The molecule has 0 aliphatic heterocycles. The summed E-state index contributed by atoms with van der Waals surface area (Å²) in [7, 11) is 1.47. The third-order valence-electron chi connectivity index (χ3n) is 2.80. The van der Waals surface area contributed by atoms with Gasteiger partial charge in [0.25, 0.3) is 0 Å². The number of hydrogen-bond donors (Lipinski definition) is 0. The summed E-state index contributed by atoms with van der Waals surface area (Å²) in [5.74, 6) is 0.0101. The van der Waals surface area contributed by atoms with Gasteiger partial charge in [0.05, 0.1) is 7.11 Å². The molecular weight excluding hydrogens is 239 g/mol. The Balaban J connectivity index is 2.39. The van der Waals surface area contributed by atoms with Gasteiger partial charge in [0.15, 0.2) is 11.6 Å². The lowest BCUT2D eigenvalue weighted by molar-refractivity contribution is 0.386. The molecule has 0 aliphatic carbocycles. The third-order valence-corrected chi connectivity index (χ3v) is 3.24. The average molecular weight is 259 g/mol. The van der Waals surface area contributed by atoms with Gasteiger partial charge in [0.1, 0.15) is 0 Å². The molecule has 0 saturated heterocycles. The minimum atomic E-state index is -0.291. The van der Waals surface area contributed by atoms with Gasteiger partial charge in [-0.25, -0.2) is 4.39 Å². The molecule has 96 valence electrons. The number of aryl methyl sites for hydroxylation is 1. The second-order valence-electron chi connectivity index (χ2n) is 4.25. The van der Waals surface area contributed by atoms with Gasteiger partial charge in [0, 0.05) is 5.38 Å². The van der Waals surface area contributed by atoms with E-state index in [0.29, 0.717) is 5.75 Å². The van der Waals surface area contributed by atoms with E-state index in [1.807, 2.05) is 6.07 Å². The minimum Gasteiger partial charge on any atom is -0.494 e.